The minimum Gasteiger partial charge on any atom is -0.465 e. The quantitative estimate of drug-likeness (QED) is 0.663. The molecule has 0 aliphatic rings. The fourth-order valence-corrected chi connectivity index (χ4v) is 2.46. The molecule has 2 rings (SSSR count). The number of nitrogens with one attached hydrogen (secondary N) is 1. The van der Waals surface area contributed by atoms with Crippen LogP contribution in [0.5, 0.6) is 0 Å². The van der Waals surface area contributed by atoms with E-state index in [4.69, 9.17) is 10.7 Å². The summed E-state index contributed by atoms with van der Waals surface area (Å²) in [7, 11) is 2.93. The van der Waals surface area contributed by atoms with Crippen molar-refractivity contribution < 1.29 is 14.3 Å². The summed E-state index contributed by atoms with van der Waals surface area (Å²) >= 11 is 0. The largest absolute Gasteiger partial charge is 0.465 e. The number of carbonyl (C=O) groups excluding carboxylic acids is 2. The molecule has 6 heteroatoms. The third-order valence-electron chi connectivity index (χ3n) is 4.21. The maximum atomic E-state index is 12.6. The second-order valence-electron chi connectivity index (χ2n) is 5.77. The molecule has 2 aromatic rings. The standard InChI is InChI=1S/C20H19N3O3/c1-13(15-7-9-16(10-8-15)20(25)26-3)23(2)19(24)18(22)17-6-4-5-14(11-17)12-21/h4-11,13,22H,1-3H3/t13-/m1/s1. The van der Waals surface area contributed by atoms with Gasteiger partial charge in [-0.25, -0.2) is 4.79 Å². The Balaban J connectivity index is 2.17. The molecular formula is C20H19N3O3. The van der Waals surface area contributed by atoms with Crippen molar-refractivity contribution in [3.05, 3.63) is 70.8 Å². The summed E-state index contributed by atoms with van der Waals surface area (Å²) in [6.07, 6.45) is 0. The van der Waals surface area contributed by atoms with Crippen LogP contribution >= 0.6 is 0 Å². The molecule has 0 saturated carbocycles. The van der Waals surface area contributed by atoms with Crippen molar-refractivity contribution in [1.82, 2.24) is 4.90 Å². The zero-order chi connectivity index (χ0) is 19.3. The van der Waals surface area contributed by atoms with Gasteiger partial charge in [-0.05, 0) is 36.8 Å². The lowest BCUT2D eigenvalue weighted by molar-refractivity contribution is -0.124. The molecule has 6 nitrogen and oxygen atoms in total. The van der Waals surface area contributed by atoms with Crippen molar-refractivity contribution >= 4 is 17.6 Å². The number of nitrogens with zero attached hydrogens (tertiary/aromatic N) is 2. The van der Waals surface area contributed by atoms with E-state index in [-0.39, 0.29) is 11.8 Å². The first-order valence-electron chi connectivity index (χ1n) is 7.93. The molecule has 0 fully saturated rings. The molecule has 0 spiro atoms. The maximum absolute atomic E-state index is 12.6. The summed E-state index contributed by atoms with van der Waals surface area (Å²) in [4.78, 5) is 25.6. The van der Waals surface area contributed by atoms with Gasteiger partial charge < -0.3 is 9.64 Å². The average molecular weight is 349 g/mol. The van der Waals surface area contributed by atoms with Crippen LogP contribution in [-0.2, 0) is 9.53 Å². The van der Waals surface area contributed by atoms with Crippen molar-refractivity contribution in [3.63, 3.8) is 0 Å². The van der Waals surface area contributed by atoms with E-state index >= 15 is 0 Å². The number of likely N-dealkylation sites (N-methyl/N-ethyl adjacent to an activating group) is 1. The maximum Gasteiger partial charge on any atom is 0.337 e. The van der Waals surface area contributed by atoms with E-state index in [1.54, 1.807) is 49.5 Å². The number of nitriles is 1. The van der Waals surface area contributed by atoms with Gasteiger partial charge >= 0.3 is 5.97 Å². The summed E-state index contributed by atoms with van der Waals surface area (Å²) in [6.45, 7) is 1.84. The number of hydrogen-bond donors (Lipinski definition) is 1. The number of amides is 1. The normalized spacial score (nSPS) is 11.2. The first kappa shape index (κ1) is 18.9. The van der Waals surface area contributed by atoms with Gasteiger partial charge in [0.2, 0.25) is 0 Å². The molecule has 2 aromatic carbocycles. The molecule has 0 unspecified atom stereocenters. The molecule has 132 valence electrons. The van der Waals surface area contributed by atoms with Crippen LogP contribution in [0.4, 0.5) is 0 Å². The molecule has 1 N–H and O–H groups in total. The second kappa shape index (κ2) is 8.08. The molecule has 1 atom stereocenters. The van der Waals surface area contributed by atoms with Crippen LogP contribution in [-0.4, -0.2) is 36.6 Å². The van der Waals surface area contributed by atoms with Crippen molar-refractivity contribution in [2.75, 3.05) is 14.2 Å². The number of hydrogen-bond acceptors (Lipinski definition) is 5. The molecule has 0 aromatic heterocycles. The van der Waals surface area contributed by atoms with Crippen molar-refractivity contribution in [3.8, 4) is 6.07 Å². The Morgan fingerprint density at radius 2 is 1.81 bits per heavy atom. The van der Waals surface area contributed by atoms with Crippen LogP contribution in [0.15, 0.2) is 48.5 Å². The predicted octanol–water partition coefficient (Wildman–Crippen LogP) is 2.93. The molecule has 1 amide bonds. The van der Waals surface area contributed by atoms with Gasteiger partial charge in [0.25, 0.3) is 5.91 Å². The third kappa shape index (κ3) is 3.95. The molecule has 0 radical (unpaired) electrons. The summed E-state index contributed by atoms with van der Waals surface area (Å²) in [6, 6.07) is 14.9. The van der Waals surface area contributed by atoms with Gasteiger partial charge in [-0.2, -0.15) is 5.26 Å². The highest BCUT2D eigenvalue weighted by molar-refractivity contribution is 6.44. The van der Waals surface area contributed by atoms with Crippen molar-refractivity contribution in [2.45, 2.75) is 13.0 Å². The van der Waals surface area contributed by atoms with E-state index in [0.717, 1.165) is 5.56 Å². The van der Waals surface area contributed by atoms with Gasteiger partial charge in [-0.3, -0.25) is 10.2 Å². The Morgan fingerprint density at radius 3 is 2.38 bits per heavy atom. The van der Waals surface area contributed by atoms with E-state index in [9.17, 15) is 9.59 Å². The second-order valence-corrected chi connectivity index (χ2v) is 5.77. The number of methoxy groups -OCH3 is 1. The highest BCUT2D eigenvalue weighted by Crippen LogP contribution is 2.20. The number of benzene rings is 2. The highest BCUT2D eigenvalue weighted by Gasteiger charge is 2.22. The van der Waals surface area contributed by atoms with Crippen molar-refractivity contribution in [2.24, 2.45) is 0 Å². The lowest BCUT2D eigenvalue weighted by Crippen LogP contribution is -2.35. The Labute approximate surface area is 152 Å². The summed E-state index contributed by atoms with van der Waals surface area (Å²) in [5.74, 6) is -0.877. The number of carbonyl (C=O) groups is 2. The SMILES string of the molecule is COC(=O)c1ccc([C@@H](C)N(C)C(=O)C(=N)c2cccc(C#N)c2)cc1. The Bertz CT molecular complexity index is 882. The monoisotopic (exact) mass is 349 g/mol. The first-order chi connectivity index (χ1) is 12.4. The molecule has 0 aliphatic carbocycles. The Morgan fingerprint density at radius 1 is 1.15 bits per heavy atom. The summed E-state index contributed by atoms with van der Waals surface area (Å²) in [5, 5.41) is 17.1. The van der Waals surface area contributed by atoms with E-state index in [1.165, 1.54) is 18.1 Å². The fraction of sp³-hybridized carbons (Fsp3) is 0.200. The predicted molar refractivity (Wildman–Crippen MR) is 97.0 cm³/mol. The average Bonchev–Trinajstić information content (AvgIpc) is 2.71. The number of rotatable bonds is 5. The Hall–Kier alpha value is -3.46. The van der Waals surface area contributed by atoms with E-state index in [0.29, 0.717) is 16.7 Å². The van der Waals surface area contributed by atoms with Crippen LogP contribution in [0.25, 0.3) is 0 Å². The topological polar surface area (TPSA) is 94.2 Å². The van der Waals surface area contributed by atoms with Gasteiger partial charge in [0.1, 0.15) is 5.71 Å². The lowest BCUT2D eigenvalue weighted by Gasteiger charge is -2.25. The van der Waals surface area contributed by atoms with Gasteiger partial charge in [-0.1, -0.05) is 24.3 Å². The fourth-order valence-electron chi connectivity index (χ4n) is 2.46. The molecule has 0 bridgehead atoms. The van der Waals surface area contributed by atoms with Crippen LogP contribution in [0.1, 0.15) is 40.0 Å². The number of ether oxygens (including phenoxy) is 1. The molecule has 26 heavy (non-hydrogen) atoms. The highest BCUT2D eigenvalue weighted by atomic mass is 16.5. The summed E-state index contributed by atoms with van der Waals surface area (Å²) < 4.78 is 4.67. The smallest absolute Gasteiger partial charge is 0.337 e. The van der Waals surface area contributed by atoms with Crippen LogP contribution in [0.2, 0.25) is 0 Å². The Kier molecular flexibility index (Phi) is 5.86. The minimum absolute atomic E-state index is 0.178. The van der Waals surface area contributed by atoms with Crippen LogP contribution in [0, 0.1) is 16.7 Å². The van der Waals surface area contributed by atoms with Gasteiger partial charge in [0.05, 0.1) is 30.3 Å². The first-order valence-corrected chi connectivity index (χ1v) is 7.93. The minimum atomic E-state index is -0.454. The third-order valence-corrected chi connectivity index (χ3v) is 4.21. The lowest BCUT2D eigenvalue weighted by atomic mass is 10.0. The molecular weight excluding hydrogens is 330 g/mol. The van der Waals surface area contributed by atoms with E-state index in [2.05, 4.69) is 4.74 Å². The van der Waals surface area contributed by atoms with Crippen LogP contribution < -0.4 is 0 Å². The van der Waals surface area contributed by atoms with Crippen molar-refractivity contribution in [1.29, 1.82) is 10.7 Å². The van der Waals surface area contributed by atoms with E-state index in [1.807, 2.05) is 13.0 Å². The van der Waals surface area contributed by atoms with Crippen LogP contribution in [0.3, 0.4) is 0 Å². The molecule has 0 aliphatic heterocycles. The number of esters is 1. The van der Waals surface area contributed by atoms with Gasteiger partial charge in [-0.15, -0.1) is 0 Å². The van der Waals surface area contributed by atoms with Gasteiger partial charge in [0, 0.05) is 12.6 Å². The van der Waals surface area contributed by atoms with E-state index < -0.39 is 11.9 Å². The zero-order valence-corrected chi connectivity index (χ0v) is 14.8. The molecule has 0 heterocycles. The molecule has 0 saturated heterocycles. The van der Waals surface area contributed by atoms with Gasteiger partial charge in [0.15, 0.2) is 0 Å². The zero-order valence-electron chi connectivity index (χ0n) is 14.8. The summed E-state index contributed by atoms with van der Waals surface area (Å²) in [5.41, 5.74) is 1.87.